The van der Waals surface area contributed by atoms with Crippen LogP contribution in [0.3, 0.4) is 0 Å². The van der Waals surface area contributed by atoms with Crippen LogP contribution in [0.4, 0.5) is 0 Å². The van der Waals surface area contributed by atoms with E-state index in [9.17, 15) is 4.79 Å². The van der Waals surface area contributed by atoms with E-state index in [-0.39, 0.29) is 5.78 Å². The van der Waals surface area contributed by atoms with Crippen LogP contribution in [0.5, 0.6) is 0 Å². The Hall–Kier alpha value is -2.10. The number of carbonyl (C=O) groups is 1. The van der Waals surface area contributed by atoms with Gasteiger partial charge in [0.2, 0.25) is 0 Å². The Kier molecular flexibility index (Phi) is 4.51. The summed E-state index contributed by atoms with van der Waals surface area (Å²) >= 11 is 6.25. The summed E-state index contributed by atoms with van der Waals surface area (Å²) in [6.07, 6.45) is 0.438. The second kappa shape index (κ2) is 6.57. The Morgan fingerprint density at radius 1 is 1.09 bits per heavy atom. The van der Waals surface area contributed by atoms with Crippen LogP contribution in [0.2, 0.25) is 5.02 Å². The van der Waals surface area contributed by atoms with E-state index in [4.69, 9.17) is 16.0 Å². The first kappa shape index (κ1) is 15.8. The molecule has 3 rings (SSSR count). The lowest BCUT2D eigenvalue weighted by Gasteiger charge is -2.08. The lowest BCUT2D eigenvalue weighted by molar-refractivity contribution is 0.0974. The van der Waals surface area contributed by atoms with Crippen molar-refractivity contribution in [1.82, 2.24) is 4.90 Å². The molecule has 0 saturated carbocycles. The molecule has 1 heterocycles. The van der Waals surface area contributed by atoms with Crippen LogP contribution in [0.1, 0.15) is 16.8 Å². The van der Waals surface area contributed by atoms with Crippen molar-refractivity contribution in [2.75, 3.05) is 20.6 Å². The van der Waals surface area contributed by atoms with Gasteiger partial charge in [0.1, 0.15) is 5.76 Å². The van der Waals surface area contributed by atoms with Crippen molar-refractivity contribution in [1.29, 1.82) is 0 Å². The number of ketones is 1. The summed E-state index contributed by atoms with van der Waals surface area (Å²) in [5, 5.41) is 1.30. The van der Waals surface area contributed by atoms with Crippen molar-refractivity contribution in [3.05, 3.63) is 59.1 Å². The molecule has 0 aliphatic rings. The summed E-state index contributed by atoms with van der Waals surface area (Å²) in [7, 11) is 3.91. The highest BCUT2D eigenvalue weighted by Crippen LogP contribution is 2.37. The molecule has 118 valence electrons. The number of nitrogens with zero attached hydrogens (tertiary/aromatic N) is 1. The molecule has 1 aromatic heterocycles. The summed E-state index contributed by atoms with van der Waals surface area (Å²) in [5.74, 6) is 0.663. The van der Waals surface area contributed by atoms with E-state index in [1.54, 1.807) is 6.07 Å². The van der Waals surface area contributed by atoms with Crippen LogP contribution >= 0.6 is 11.6 Å². The molecule has 0 amide bonds. The molecular formula is C19H18ClNO2. The van der Waals surface area contributed by atoms with Crippen molar-refractivity contribution in [3.8, 4) is 11.3 Å². The van der Waals surface area contributed by atoms with Crippen LogP contribution in [0.25, 0.3) is 22.3 Å². The third kappa shape index (κ3) is 3.16. The van der Waals surface area contributed by atoms with Crippen molar-refractivity contribution < 1.29 is 9.21 Å². The minimum atomic E-state index is 0.0681. The molecular weight excluding hydrogens is 310 g/mol. The fraction of sp³-hybridized carbons (Fsp3) is 0.211. The molecule has 0 fully saturated rings. The molecule has 4 heteroatoms. The quantitative estimate of drug-likeness (QED) is 0.626. The van der Waals surface area contributed by atoms with Gasteiger partial charge >= 0.3 is 0 Å². The summed E-state index contributed by atoms with van der Waals surface area (Å²) in [4.78, 5) is 14.8. The predicted octanol–water partition coefficient (Wildman–Crippen LogP) is 4.89. The molecule has 2 aromatic carbocycles. The summed E-state index contributed by atoms with van der Waals surface area (Å²) in [5.41, 5.74) is 2.07. The van der Waals surface area contributed by atoms with Crippen molar-refractivity contribution in [3.63, 3.8) is 0 Å². The molecule has 0 atom stereocenters. The normalized spacial score (nSPS) is 11.3. The zero-order valence-corrected chi connectivity index (χ0v) is 13.9. The van der Waals surface area contributed by atoms with E-state index >= 15 is 0 Å². The van der Waals surface area contributed by atoms with Crippen molar-refractivity contribution in [2.45, 2.75) is 6.42 Å². The highest BCUT2D eigenvalue weighted by atomic mass is 35.5. The maximum absolute atomic E-state index is 12.8. The van der Waals surface area contributed by atoms with Crippen molar-refractivity contribution in [2.24, 2.45) is 0 Å². The van der Waals surface area contributed by atoms with E-state index in [0.717, 1.165) is 10.9 Å². The molecule has 3 nitrogen and oxygen atoms in total. The van der Waals surface area contributed by atoms with Crippen LogP contribution < -0.4 is 0 Å². The number of benzene rings is 2. The number of para-hydroxylation sites is 1. The monoisotopic (exact) mass is 327 g/mol. The highest BCUT2D eigenvalue weighted by molar-refractivity contribution is 6.35. The molecule has 0 radical (unpaired) electrons. The zero-order valence-electron chi connectivity index (χ0n) is 13.2. The first-order chi connectivity index (χ1) is 11.1. The van der Waals surface area contributed by atoms with Gasteiger partial charge in [0.05, 0.1) is 10.6 Å². The average molecular weight is 328 g/mol. The molecule has 23 heavy (non-hydrogen) atoms. The second-order valence-corrected chi connectivity index (χ2v) is 6.17. The largest absolute Gasteiger partial charge is 0.454 e. The Morgan fingerprint density at radius 3 is 2.52 bits per heavy atom. The Morgan fingerprint density at radius 2 is 1.83 bits per heavy atom. The molecule has 0 aliphatic carbocycles. The number of rotatable bonds is 5. The second-order valence-electron chi connectivity index (χ2n) is 5.77. The molecule has 0 unspecified atom stereocenters. The van der Waals surface area contributed by atoms with Gasteiger partial charge in [-0.25, -0.2) is 0 Å². The van der Waals surface area contributed by atoms with Gasteiger partial charge in [-0.2, -0.15) is 0 Å². The van der Waals surface area contributed by atoms with Gasteiger partial charge in [-0.15, -0.1) is 0 Å². The fourth-order valence-electron chi connectivity index (χ4n) is 2.60. The first-order valence-corrected chi connectivity index (χ1v) is 7.90. The fourth-order valence-corrected chi connectivity index (χ4v) is 2.82. The van der Waals surface area contributed by atoms with Crippen LogP contribution in [0.15, 0.2) is 52.9 Å². The van der Waals surface area contributed by atoms with E-state index < -0.39 is 0 Å². The van der Waals surface area contributed by atoms with Gasteiger partial charge in [-0.3, -0.25) is 4.79 Å². The minimum Gasteiger partial charge on any atom is -0.454 e. The van der Waals surface area contributed by atoms with Gasteiger partial charge in [0.15, 0.2) is 11.4 Å². The van der Waals surface area contributed by atoms with E-state index in [1.807, 2.05) is 61.5 Å². The number of Topliss-reactive ketones (excluding diaryl/α,β-unsaturated/α-hetero) is 1. The predicted molar refractivity (Wildman–Crippen MR) is 94.2 cm³/mol. The molecule has 3 aromatic rings. The average Bonchev–Trinajstić information content (AvgIpc) is 2.94. The molecule has 0 spiro atoms. The Labute approximate surface area is 140 Å². The van der Waals surface area contributed by atoms with E-state index in [2.05, 4.69) is 0 Å². The van der Waals surface area contributed by atoms with Gasteiger partial charge in [-0.1, -0.05) is 54.1 Å². The Balaban J connectivity index is 2.17. The number of furan rings is 1. The van der Waals surface area contributed by atoms with Gasteiger partial charge in [-0.05, 0) is 20.2 Å². The number of halogens is 1. The van der Waals surface area contributed by atoms with E-state index in [0.29, 0.717) is 34.9 Å². The smallest absolute Gasteiger partial charge is 0.168 e. The standard InChI is InChI=1S/C19H18ClNO2/c1-21(2)12-11-16(22)17-14-9-6-10-15(20)19(14)23-18(17)13-7-4-3-5-8-13/h3-10H,11-12H2,1-2H3. The first-order valence-electron chi connectivity index (χ1n) is 7.52. The Bertz CT molecular complexity index is 837. The molecule has 0 bridgehead atoms. The number of hydrogen-bond acceptors (Lipinski definition) is 3. The minimum absolute atomic E-state index is 0.0681. The number of hydrogen-bond donors (Lipinski definition) is 0. The van der Waals surface area contributed by atoms with Gasteiger partial charge in [0, 0.05) is 23.9 Å². The lowest BCUT2D eigenvalue weighted by atomic mass is 10.0. The topological polar surface area (TPSA) is 33.5 Å². The number of fused-ring (bicyclic) bond motifs is 1. The van der Waals surface area contributed by atoms with Gasteiger partial charge in [0.25, 0.3) is 0 Å². The molecule has 0 saturated heterocycles. The van der Waals surface area contributed by atoms with Crippen molar-refractivity contribution >= 4 is 28.4 Å². The third-order valence-electron chi connectivity index (χ3n) is 3.77. The maximum atomic E-state index is 12.8. The highest BCUT2D eigenvalue weighted by Gasteiger charge is 2.22. The zero-order chi connectivity index (χ0) is 16.4. The molecule has 0 aliphatic heterocycles. The lowest BCUT2D eigenvalue weighted by Crippen LogP contribution is -2.16. The third-order valence-corrected chi connectivity index (χ3v) is 4.07. The van der Waals surface area contributed by atoms with Crippen LogP contribution in [-0.2, 0) is 0 Å². The van der Waals surface area contributed by atoms with Gasteiger partial charge < -0.3 is 9.32 Å². The van der Waals surface area contributed by atoms with E-state index in [1.165, 1.54) is 0 Å². The SMILES string of the molecule is CN(C)CCC(=O)c1c(-c2ccccc2)oc2c(Cl)cccc12. The number of carbonyl (C=O) groups excluding carboxylic acids is 1. The van der Waals surface area contributed by atoms with Crippen LogP contribution in [-0.4, -0.2) is 31.3 Å². The van der Waals surface area contributed by atoms with Crippen LogP contribution in [0, 0.1) is 0 Å². The maximum Gasteiger partial charge on any atom is 0.168 e. The summed E-state index contributed by atoms with van der Waals surface area (Å²) < 4.78 is 5.98. The molecule has 0 N–H and O–H groups in total. The summed E-state index contributed by atoms with van der Waals surface area (Å²) in [6.45, 7) is 0.695. The summed E-state index contributed by atoms with van der Waals surface area (Å²) in [6, 6.07) is 15.2.